The molecule has 2 heterocycles. The van der Waals surface area contributed by atoms with E-state index < -0.39 is 0 Å². The molecule has 3 rings (SSSR count). The highest BCUT2D eigenvalue weighted by molar-refractivity contribution is 7.99. The highest BCUT2D eigenvalue weighted by Gasteiger charge is 2.11. The lowest BCUT2D eigenvalue weighted by Gasteiger charge is -2.09. The number of benzene rings is 1. The molecule has 130 valence electrons. The fourth-order valence-corrected chi connectivity index (χ4v) is 3.28. The molecule has 25 heavy (non-hydrogen) atoms. The van der Waals surface area contributed by atoms with Crippen LogP contribution in [0.1, 0.15) is 17.5 Å². The summed E-state index contributed by atoms with van der Waals surface area (Å²) < 4.78 is 7.90. The van der Waals surface area contributed by atoms with E-state index in [2.05, 4.69) is 47.2 Å². The van der Waals surface area contributed by atoms with Gasteiger partial charge in [0.05, 0.1) is 6.61 Å². The predicted octanol–water partition coefficient (Wildman–Crippen LogP) is 4.06. The van der Waals surface area contributed by atoms with Crippen LogP contribution in [0.25, 0.3) is 11.4 Å². The number of hydrogen-bond acceptors (Lipinski definition) is 5. The summed E-state index contributed by atoms with van der Waals surface area (Å²) in [4.78, 5) is 4.14. The van der Waals surface area contributed by atoms with E-state index in [0.29, 0.717) is 6.61 Å². The molecule has 0 saturated heterocycles. The summed E-state index contributed by atoms with van der Waals surface area (Å²) in [6.45, 7) is 4.85. The molecule has 0 N–H and O–H groups in total. The van der Waals surface area contributed by atoms with Crippen molar-refractivity contribution in [2.24, 2.45) is 7.05 Å². The summed E-state index contributed by atoms with van der Waals surface area (Å²) in [6.07, 6.45) is 4.51. The van der Waals surface area contributed by atoms with Gasteiger partial charge < -0.3 is 9.30 Å². The van der Waals surface area contributed by atoms with Gasteiger partial charge in [-0.15, -0.1) is 10.2 Å². The number of pyridine rings is 1. The summed E-state index contributed by atoms with van der Waals surface area (Å²) >= 11 is 1.69. The van der Waals surface area contributed by atoms with E-state index in [0.717, 1.165) is 34.5 Å². The van der Waals surface area contributed by atoms with Gasteiger partial charge in [-0.1, -0.05) is 23.9 Å². The number of nitrogens with zero attached hydrogens (tertiary/aromatic N) is 4. The van der Waals surface area contributed by atoms with Crippen LogP contribution in [-0.2, 0) is 7.05 Å². The molecule has 3 aromatic rings. The molecular weight excluding hydrogens is 332 g/mol. The topological polar surface area (TPSA) is 52.8 Å². The molecular formula is C19H22N4OS. The van der Waals surface area contributed by atoms with Crippen molar-refractivity contribution in [2.45, 2.75) is 25.4 Å². The molecule has 0 aliphatic heterocycles. The number of thioether (sulfide) groups is 1. The van der Waals surface area contributed by atoms with Gasteiger partial charge in [-0.05, 0) is 49.6 Å². The van der Waals surface area contributed by atoms with Gasteiger partial charge >= 0.3 is 0 Å². The molecule has 0 unspecified atom stereocenters. The summed E-state index contributed by atoms with van der Waals surface area (Å²) in [5, 5.41) is 9.46. The Balaban J connectivity index is 1.50. The molecule has 5 nitrogen and oxygen atoms in total. The standard InChI is InChI=1S/C19H22N4OS/c1-14-7-8-15(2)17(12-14)24-10-5-11-25-19-22-21-18(23(19)3)16-6-4-9-20-13-16/h4,6-9,12-13H,5,10-11H2,1-3H3. The van der Waals surface area contributed by atoms with Crippen molar-refractivity contribution in [2.75, 3.05) is 12.4 Å². The Hall–Kier alpha value is -2.34. The SMILES string of the molecule is Cc1ccc(C)c(OCCCSc2nnc(-c3cccnc3)n2C)c1. The average Bonchev–Trinajstić information content (AvgIpc) is 2.99. The van der Waals surface area contributed by atoms with Crippen LogP contribution in [0.4, 0.5) is 0 Å². The zero-order valence-electron chi connectivity index (χ0n) is 14.8. The molecule has 2 aromatic heterocycles. The Morgan fingerprint density at radius 3 is 2.84 bits per heavy atom. The lowest BCUT2D eigenvalue weighted by atomic mass is 10.1. The number of ether oxygens (including phenoxy) is 1. The third-order valence-corrected chi connectivity index (χ3v) is 4.98. The first-order valence-corrected chi connectivity index (χ1v) is 9.26. The van der Waals surface area contributed by atoms with Crippen molar-refractivity contribution in [3.05, 3.63) is 53.9 Å². The largest absolute Gasteiger partial charge is 0.493 e. The van der Waals surface area contributed by atoms with Crippen LogP contribution >= 0.6 is 11.8 Å². The summed E-state index contributed by atoms with van der Waals surface area (Å²) in [5.41, 5.74) is 3.37. The minimum Gasteiger partial charge on any atom is -0.493 e. The first kappa shape index (κ1) is 17.5. The maximum Gasteiger partial charge on any atom is 0.191 e. The molecule has 0 radical (unpaired) electrons. The summed E-state index contributed by atoms with van der Waals surface area (Å²) in [7, 11) is 1.98. The fraction of sp³-hybridized carbons (Fsp3) is 0.316. The maximum absolute atomic E-state index is 5.90. The number of rotatable bonds is 7. The number of hydrogen-bond donors (Lipinski definition) is 0. The second kappa shape index (κ2) is 8.16. The van der Waals surface area contributed by atoms with Gasteiger partial charge in [0.15, 0.2) is 11.0 Å². The molecule has 0 saturated carbocycles. The van der Waals surface area contributed by atoms with Crippen LogP contribution in [0.5, 0.6) is 5.75 Å². The Kier molecular flexibility index (Phi) is 5.71. The predicted molar refractivity (Wildman–Crippen MR) is 101 cm³/mol. The van der Waals surface area contributed by atoms with E-state index in [1.807, 2.05) is 23.7 Å². The quantitative estimate of drug-likeness (QED) is 0.473. The van der Waals surface area contributed by atoms with Gasteiger partial charge in [0.2, 0.25) is 0 Å². The smallest absolute Gasteiger partial charge is 0.191 e. The van der Waals surface area contributed by atoms with Gasteiger partial charge in [0.25, 0.3) is 0 Å². The van der Waals surface area contributed by atoms with Crippen molar-refractivity contribution in [3.8, 4) is 17.1 Å². The molecule has 0 amide bonds. The van der Waals surface area contributed by atoms with Gasteiger partial charge in [-0.25, -0.2) is 0 Å². The molecule has 6 heteroatoms. The second-order valence-corrected chi connectivity index (χ2v) is 6.99. The van der Waals surface area contributed by atoms with E-state index in [9.17, 15) is 0 Å². The Labute approximate surface area is 152 Å². The lowest BCUT2D eigenvalue weighted by Crippen LogP contribution is -2.01. The number of aromatic nitrogens is 4. The molecule has 0 aliphatic rings. The Morgan fingerprint density at radius 2 is 2.04 bits per heavy atom. The molecule has 0 fully saturated rings. The fourth-order valence-electron chi connectivity index (χ4n) is 2.45. The molecule has 0 spiro atoms. The van der Waals surface area contributed by atoms with Crippen molar-refractivity contribution in [3.63, 3.8) is 0 Å². The van der Waals surface area contributed by atoms with Crippen molar-refractivity contribution >= 4 is 11.8 Å². The van der Waals surface area contributed by atoms with E-state index >= 15 is 0 Å². The molecule has 0 bridgehead atoms. The highest BCUT2D eigenvalue weighted by Crippen LogP contribution is 2.23. The van der Waals surface area contributed by atoms with Gasteiger partial charge in [-0.3, -0.25) is 4.98 Å². The first-order chi connectivity index (χ1) is 12.1. The second-order valence-electron chi connectivity index (χ2n) is 5.93. The first-order valence-electron chi connectivity index (χ1n) is 8.28. The third-order valence-electron chi connectivity index (χ3n) is 3.88. The van der Waals surface area contributed by atoms with Crippen LogP contribution in [0.3, 0.4) is 0 Å². The monoisotopic (exact) mass is 354 g/mol. The lowest BCUT2D eigenvalue weighted by molar-refractivity contribution is 0.316. The Morgan fingerprint density at radius 1 is 1.16 bits per heavy atom. The average molecular weight is 354 g/mol. The molecule has 0 atom stereocenters. The highest BCUT2D eigenvalue weighted by atomic mass is 32.2. The van der Waals surface area contributed by atoms with E-state index in [1.54, 1.807) is 24.2 Å². The van der Waals surface area contributed by atoms with Crippen LogP contribution < -0.4 is 4.74 Å². The van der Waals surface area contributed by atoms with Crippen molar-refractivity contribution < 1.29 is 4.74 Å². The summed E-state index contributed by atoms with van der Waals surface area (Å²) in [5.74, 6) is 2.74. The van der Waals surface area contributed by atoms with Crippen molar-refractivity contribution in [1.29, 1.82) is 0 Å². The Bertz CT molecular complexity index is 833. The zero-order valence-corrected chi connectivity index (χ0v) is 15.6. The van der Waals surface area contributed by atoms with Crippen LogP contribution in [0.2, 0.25) is 0 Å². The van der Waals surface area contributed by atoms with E-state index in [1.165, 1.54) is 11.1 Å². The van der Waals surface area contributed by atoms with E-state index in [-0.39, 0.29) is 0 Å². The van der Waals surface area contributed by atoms with Crippen LogP contribution in [0, 0.1) is 13.8 Å². The minimum atomic E-state index is 0.699. The summed E-state index contributed by atoms with van der Waals surface area (Å²) in [6, 6.07) is 10.2. The maximum atomic E-state index is 5.90. The zero-order chi connectivity index (χ0) is 17.6. The van der Waals surface area contributed by atoms with Crippen LogP contribution in [-0.4, -0.2) is 32.1 Å². The van der Waals surface area contributed by atoms with Gasteiger partial charge in [-0.2, -0.15) is 0 Å². The minimum absolute atomic E-state index is 0.699. The van der Waals surface area contributed by atoms with Crippen molar-refractivity contribution in [1.82, 2.24) is 19.7 Å². The third kappa shape index (κ3) is 4.39. The molecule has 0 aliphatic carbocycles. The van der Waals surface area contributed by atoms with Gasteiger partial charge in [0, 0.05) is 30.8 Å². The molecule has 1 aromatic carbocycles. The normalized spacial score (nSPS) is 10.8. The number of aryl methyl sites for hydroxylation is 2. The van der Waals surface area contributed by atoms with Crippen LogP contribution in [0.15, 0.2) is 47.9 Å². The van der Waals surface area contributed by atoms with Gasteiger partial charge in [0.1, 0.15) is 5.75 Å². The van der Waals surface area contributed by atoms with E-state index in [4.69, 9.17) is 4.74 Å².